The lowest BCUT2D eigenvalue weighted by Crippen LogP contribution is -2.33. The van der Waals surface area contributed by atoms with Gasteiger partial charge in [-0.05, 0) is 12.2 Å². The Labute approximate surface area is 142 Å². The van der Waals surface area contributed by atoms with Crippen LogP contribution in [-0.4, -0.2) is 65.5 Å². The Morgan fingerprint density at radius 3 is 2.79 bits per heavy atom. The molecule has 2 aromatic heterocycles. The molecule has 1 aliphatic heterocycles. The molecule has 1 saturated heterocycles. The molecule has 0 bridgehead atoms. The maximum atomic E-state index is 10.2. The number of aliphatic hydroxyl groups is 3. The highest BCUT2D eigenvalue weighted by atomic mass is 32.2. The summed E-state index contributed by atoms with van der Waals surface area (Å²) in [6.07, 6.45) is -0.547. The molecule has 10 heteroatoms. The minimum absolute atomic E-state index is 0.106. The van der Waals surface area contributed by atoms with E-state index >= 15 is 0 Å². The molecule has 0 aromatic carbocycles. The number of ether oxygens (including phenoxy) is 1. The summed E-state index contributed by atoms with van der Waals surface area (Å²) in [4.78, 5) is 12.8. The van der Waals surface area contributed by atoms with E-state index in [1.54, 1.807) is 11.8 Å². The normalized spacial score (nSPS) is 27.2. The topological polar surface area (TPSA) is 140 Å². The van der Waals surface area contributed by atoms with Crippen molar-refractivity contribution < 1.29 is 20.1 Å². The highest BCUT2D eigenvalue weighted by molar-refractivity contribution is 7.99. The number of aromatic nitrogens is 4. The predicted molar refractivity (Wildman–Crippen MR) is 88.4 cm³/mol. The monoisotopic (exact) mass is 355 g/mol. The Balaban J connectivity index is 1.95. The summed E-state index contributed by atoms with van der Waals surface area (Å²) >= 11 is 1.55. The third-order valence-electron chi connectivity index (χ3n) is 3.93. The number of nitrogens with zero attached hydrogens (tertiary/aromatic N) is 4. The number of imidazole rings is 1. The molecule has 2 aromatic rings. The van der Waals surface area contributed by atoms with Crippen LogP contribution in [0.2, 0.25) is 0 Å². The van der Waals surface area contributed by atoms with Gasteiger partial charge in [-0.1, -0.05) is 13.3 Å². The van der Waals surface area contributed by atoms with Crippen LogP contribution in [0.4, 0.5) is 5.95 Å². The van der Waals surface area contributed by atoms with Crippen LogP contribution >= 0.6 is 11.8 Å². The number of thioether (sulfide) groups is 1. The van der Waals surface area contributed by atoms with Gasteiger partial charge in [-0.3, -0.25) is 4.57 Å². The molecular formula is C14H21N5O4S. The first-order valence-electron chi connectivity index (χ1n) is 7.82. The van der Waals surface area contributed by atoms with Gasteiger partial charge in [-0.2, -0.15) is 4.98 Å². The lowest BCUT2D eigenvalue weighted by atomic mass is 10.1. The lowest BCUT2D eigenvalue weighted by molar-refractivity contribution is -0.0511. The second-order valence-corrected chi connectivity index (χ2v) is 6.73. The van der Waals surface area contributed by atoms with Crippen molar-refractivity contribution in [1.82, 2.24) is 19.5 Å². The third-order valence-corrected chi connectivity index (χ3v) is 4.99. The number of aliphatic hydroxyl groups excluding tert-OH is 3. The van der Waals surface area contributed by atoms with E-state index in [1.807, 2.05) is 0 Å². The molecule has 5 N–H and O–H groups in total. The van der Waals surface area contributed by atoms with Crippen LogP contribution in [0.1, 0.15) is 26.0 Å². The number of nitrogens with two attached hydrogens (primary N) is 1. The van der Waals surface area contributed by atoms with Crippen molar-refractivity contribution in [2.75, 3.05) is 18.1 Å². The van der Waals surface area contributed by atoms with E-state index in [1.165, 1.54) is 10.9 Å². The van der Waals surface area contributed by atoms with E-state index < -0.39 is 31.1 Å². The zero-order valence-electron chi connectivity index (χ0n) is 13.2. The first-order valence-corrected chi connectivity index (χ1v) is 8.80. The third kappa shape index (κ3) is 3.07. The van der Waals surface area contributed by atoms with Gasteiger partial charge in [-0.15, -0.1) is 11.8 Å². The molecule has 1 aliphatic rings. The molecule has 0 amide bonds. The van der Waals surface area contributed by atoms with Crippen LogP contribution in [0.5, 0.6) is 0 Å². The molecule has 0 spiro atoms. The lowest BCUT2D eigenvalue weighted by Gasteiger charge is -2.16. The van der Waals surface area contributed by atoms with Gasteiger partial charge in [0.2, 0.25) is 5.95 Å². The Kier molecular flexibility index (Phi) is 5.21. The zero-order valence-corrected chi connectivity index (χ0v) is 14.1. The van der Waals surface area contributed by atoms with Crippen molar-refractivity contribution in [3.05, 3.63) is 6.33 Å². The summed E-state index contributed by atoms with van der Waals surface area (Å²) in [5, 5.41) is 30.0. The molecular weight excluding hydrogens is 334 g/mol. The highest BCUT2D eigenvalue weighted by Crippen LogP contribution is 2.33. The fraction of sp³-hybridized carbons (Fsp3) is 0.643. The quantitative estimate of drug-likeness (QED) is 0.318. The van der Waals surface area contributed by atoms with Crippen LogP contribution in [0.3, 0.4) is 0 Å². The first kappa shape index (κ1) is 17.4. The van der Waals surface area contributed by atoms with E-state index in [9.17, 15) is 15.3 Å². The van der Waals surface area contributed by atoms with Gasteiger partial charge in [0.15, 0.2) is 11.9 Å². The van der Waals surface area contributed by atoms with Crippen LogP contribution in [-0.2, 0) is 4.74 Å². The van der Waals surface area contributed by atoms with Crippen LogP contribution < -0.4 is 5.73 Å². The summed E-state index contributed by atoms with van der Waals surface area (Å²) in [7, 11) is 0. The average molecular weight is 355 g/mol. The number of hydrogen-bond donors (Lipinski definition) is 4. The van der Waals surface area contributed by atoms with E-state index in [0.717, 1.165) is 18.6 Å². The molecule has 132 valence electrons. The number of hydrogen-bond acceptors (Lipinski definition) is 9. The van der Waals surface area contributed by atoms with Crippen molar-refractivity contribution in [3.8, 4) is 0 Å². The Hall–Kier alpha value is -1.46. The number of unbranched alkanes of at least 4 members (excludes halogenated alkanes) is 1. The molecule has 1 fully saturated rings. The summed E-state index contributed by atoms with van der Waals surface area (Å²) in [5.41, 5.74) is 6.80. The van der Waals surface area contributed by atoms with Crippen molar-refractivity contribution in [1.29, 1.82) is 0 Å². The molecule has 9 nitrogen and oxygen atoms in total. The number of fused-ring (bicyclic) bond motifs is 1. The van der Waals surface area contributed by atoms with Crippen molar-refractivity contribution in [2.24, 2.45) is 0 Å². The molecule has 4 atom stereocenters. The Bertz CT molecular complexity index is 712. The van der Waals surface area contributed by atoms with Crippen LogP contribution in [0.25, 0.3) is 11.2 Å². The summed E-state index contributed by atoms with van der Waals surface area (Å²) in [6.45, 7) is 1.72. The van der Waals surface area contributed by atoms with Crippen LogP contribution in [0.15, 0.2) is 11.4 Å². The van der Waals surface area contributed by atoms with Gasteiger partial charge in [0, 0.05) is 0 Å². The highest BCUT2D eigenvalue weighted by Gasteiger charge is 2.44. The Morgan fingerprint density at radius 1 is 1.33 bits per heavy atom. The van der Waals surface area contributed by atoms with E-state index in [-0.39, 0.29) is 5.95 Å². The predicted octanol–water partition coefficient (Wildman–Crippen LogP) is -0.0878. The SMILES string of the molecule is CCCCSc1nc(N)nc2c1ncn2[C@@H]1O[C@@H](CO)[C@@H](O)[C@@H]1O. The van der Waals surface area contributed by atoms with Crippen molar-refractivity contribution in [3.63, 3.8) is 0 Å². The summed E-state index contributed by atoms with van der Waals surface area (Å²) < 4.78 is 7.05. The second-order valence-electron chi connectivity index (χ2n) is 5.64. The van der Waals surface area contributed by atoms with E-state index in [4.69, 9.17) is 10.5 Å². The number of nitrogen functional groups attached to an aromatic ring is 1. The molecule has 3 rings (SSSR count). The van der Waals surface area contributed by atoms with Gasteiger partial charge >= 0.3 is 0 Å². The second kappa shape index (κ2) is 7.19. The van der Waals surface area contributed by atoms with Gasteiger partial charge in [0.1, 0.15) is 28.9 Å². The molecule has 0 unspecified atom stereocenters. The van der Waals surface area contributed by atoms with Gasteiger partial charge in [-0.25, -0.2) is 9.97 Å². The van der Waals surface area contributed by atoms with Crippen molar-refractivity contribution >= 4 is 28.9 Å². The Morgan fingerprint density at radius 2 is 2.12 bits per heavy atom. The summed E-state index contributed by atoms with van der Waals surface area (Å²) in [6, 6.07) is 0. The smallest absolute Gasteiger partial charge is 0.223 e. The van der Waals surface area contributed by atoms with Gasteiger partial charge in [0.25, 0.3) is 0 Å². The fourth-order valence-electron chi connectivity index (χ4n) is 2.62. The van der Waals surface area contributed by atoms with Crippen molar-refractivity contribution in [2.45, 2.75) is 49.3 Å². The summed E-state index contributed by atoms with van der Waals surface area (Å²) in [5.74, 6) is 0.998. The molecule has 24 heavy (non-hydrogen) atoms. The number of rotatable bonds is 6. The van der Waals surface area contributed by atoms with E-state index in [2.05, 4.69) is 21.9 Å². The maximum absolute atomic E-state index is 10.2. The average Bonchev–Trinajstić information content (AvgIpc) is 3.10. The number of anilines is 1. The first-order chi connectivity index (χ1) is 11.6. The standard InChI is InChI=1S/C14H21N5O4S/c1-2-3-4-24-12-8-11(17-14(15)18-12)19(6-16-8)13-10(22)9(21)7(5-20)23-13/h6-7,9-10,13,20-22H,2-5H2,1H3,(H2,15,17,18)/t7-,9+,10-,13+/m0/s1. The fourth-order valence-corrected chi connectivity index (χ4v) is 3.68. The minimum atomic E-state index is -1.20. The minimum Gasteiger partial charge on any atom is -0.394 e. The van der Waals surface area contributed by atoms with E-state index in [0.29, 0.717) is 16.2 Å². The maximum Gasteiger partial charge on any atom is 0.223 e. The zero-order chi connectivity index (χ0) is 17.3. The van der Waals surface area contributed by atoms with Gasteiger partial charge in [0.05, 0.1) is 12.9 Å². The molecule has 0 saturated carbocycles. The van der Waals surface area contributed by atoms with Gasteiger partial charge < -0.3 is 25.8 Å². The largest absolute Gasteiger partial charge is 0.394 e. The van der Waals surface area contributed by atoms with Crippen LogP contribution in [0, 0.1) is 0 Å². The molecule has 3 heterocycles. The molecule has 0 aliphatic carbocycles. The molecule has 0 radical (unpaired) electrons.